The molecular weight excluding hydrogens is 330 g/mol. The molecule has 1 amide bonds. The van der Waals surface area contributed by atoms with Crippen LogP contribution in [0.2, 0.25) is 0 Å². The Hall–Kier alpha value is -1.64. The predicted molar refractivity (Wildman–Crippen MR) is 93.3 cm³/mol. The van der Waals surface area contributed by atoms with Gasteiger partial charge >= 0.3 is 10.2 Å². The Bertz CT molecular complexity index is 697. The summed E-state index contributed by atoms with van der Waals surface area (Å²) >= 11 is 0. The lowest BCUT2D eigenvalue weighted by Crippen LogP contribution is -2.49. The van der Waals surface area contributed by atoms with Gasteiger partial charge in [0.05, 0.1) is 18.9 Å². The van der Waals surface area contributed by atoms with E-state index in [4.69, 9.17) is 4.74 Å². The molecule has 7 nitrogen and oxygen atoms in total. The topological polar surface area (TPSA) is 70.2 Å². The number of ether oxygens (including phenoxy) is 1. The fourth-order valence-corrected chi connectivity index (χ4v) is 3.62. The van der Waals surface area contributed by atoms with Gasteiger partial charge in [-0.15, -0.1) is 0 Å². The van der Waals surface area contributed by atoms with Crippen LogP contribution in [0.1, 0.15) is 11.1 Å². The molecule has 134 valence electrons. The number of morpholine rings is 1. The molecule has 24 heavy (non-hydrogen) atoms. The van der Waals surface area contributed by atoms with Crippen LogP contribution in [0.4, 0.5) is 5.69 Å². The molecule has 0 aliphatic carbocycles. The van der Waals surface area contributed by atoms with Crippen LogP contribution in [0, 0.1) is 13.8 Å². The van der Waals surface area contributed by atoms with Crippen LogP contribution in [0.3, 0.4) is 0 Å². The average Bonchev–Trinajstić information content (AvgIpc) is 2.55. The SMILES string of the molecule is Cc1ccc(C)c(N(CC(=O)N2CCOCC2)S(=O)(=O)N(C)C)c1. The number of anilines is 1. The lowest BCUT2D eigenvalue weighted by Gasteiger charge is -2.32. The summed E-state index contributed by atoms with van der Waals surface area (Å²) in [5, 5.41) is 0. The van der Waals surface area contributed by atoms with E-state index in [0.717, 1.165) is 15.4 Å². The van der Waals surface area contributed by atoms with Crippen LogP contribution in [0.25, 0.3) is 0 Å². The van der Waals surface area contributed by atoms with Crippen molar-refractivity contribution in [3.05, 3.63) is 29.3 Å². The van der Waals surface area contributed by atoms with Crippen molar-refractivity contribution in [2.45, 2.75) is 13.8 Å². The second-order valence-electron chi connectivity index (χ2n) is 6.08. The van der Waals surface area contributed by atoms with E-state index in [9.17, 15) is 13.2 Å². The Labute approximate surface area is 144 Å². The molecule has 0 unspecified atom stereocenters. The normalized spacial score (nSPS) is 15.6. The first-order valence-electron chi connectivity index (χ1n) is 7.86. The molecule has 8 heteroatoms. The molecule has 0 N–H and O–H groups in total. The maximum absolute atomic E-state index is 12.8. The van der Waals surface area contributed by atoms with Gasteiger partial charge in [0.1, 0.15) is 6.54 Å². The second-order valence-corrected chi connectivity index (χ2v) is 8.15. The summed E-state index contributed by atoms with van der Waals surface area (Å²) in [6.07, 6.45) is 0. The lowest BCUT2D eigenvalue weighted by atomic mass is 10.1. The third-order valence-corrected chi connectivity index (χ3v) is 5.82. The van der Waals surface area contributed by atoms with Crippen LogP contribution in [0.5, 0.6) is 0 Å². The number of hydrogen-bond donors (Lipinski definition) is 0. The maximum Gasteiger partial charge on any atom is 0.304 e. The Morgan fingerprint density at radius 1 is 1.21 bits per heavy atom. The van der Waals surface area contributed by atoms with E-state index in [-0.39, 0.29) is 12.5 Å². The van der Waals surface area contributed by atoms with E-state index < -0.39 is 10.2 Å². The molecule has 0 saturated carbocycles. The molecule has 1 aromatic carbocycles. The van der Waals surface area contributed by atoms with Gasteiger partial charge in [0.15, 0.2) is 0 Å². The van der Waals surface area contributed by atoms with E-state index in [2.05, 4.69) is 0 Å². The Balaban J connectivity index is 2.36. The van der Waals surface area contributed by atoms with Crippen molar-refractivity contribution in [1.82, 2.24) is 9.21 Å². The fraction of sp³-hybridized carbons (Fsp3) is 0.562. The second kappa shape index (κ2) is 7.50. The highest BCUT2D eigenvalue weighted by molar-refractivity contribution is 7.90. The number of benzene rings is 1. The van der Waals surface area contributed by atoms with E-state index in [0.29, 0.717) is 32.0 Å². The van der Waals surface area contributed by atoms with Gasteiger partial charge in [0, 0.05) is 27.2 Å². The van der Waals surface area contributed by atoms with Crippen LogP contribution in [0.15, 0.2) is 18.2 Å². The number of hydrogen-bond acceptors (Lipinski definition) is 4. The molecule has 0 aromatic heterocycles. The number of amides is 1. The van der Waals surface area contributed by atoms with Crippen LogP contribution >= 0.6 is 0 Å². The molecule has 0 radical (unpaired) electrons. The summed E-state index contributed by atoms with van der Waals surface area (Å²) in [6.45, 7) is 5.46. The van der Waals surface area contributed by atoms with Crippen LogP contribution < -0.4 is 4.31 Å². The summed E-state index contributed by atoms with van der Waals surface area (Å²) in [5.74, 6) is -0.218. The smallest absolute Gasteiger partial charge is 0.304 e. The molecule has 0 bridgehead atoms. The zero-order valence-electron chi connectivity index (χ0n) is 14.7. The highest BCUT2D eigenvalue weighted by Gasteiger charge is 2.30. The molecule has 0 spiro atoms. The molecule has 1 saturated heterocycles. The minimum Gasteiger partial charge on any atom is -0.378 e. The summed E-state index contributed by atoms with van der Waals surface area (Å²) in [7, 11) is -0.847. The molecular formula is C16H25N3O4S. The minimum atomic E-state index is -3.78. The summed E-state index contributed by atoms with van der Waals surface area (Å²) < 4.78 is 33.1. The van der Waals surface area contributed by atoms with Crippen molar-refractivity contribution >= 4 is 21.8 Å². The van der Waals surface area contributed by atoms with E-state index in [1.54, 1.807) is 11.0 Å². The molecule has 1 aromatic rings. The van der Waals surface area contributed by atoms with Crippen LogP contribution in [-0.2, 0) is 19.7 Å². The van der Waals surface area contributed by atoms with Gasteiger partial charge < -0.3 is 9.64 Å². The van der Waals surface area contributed by atoms with Gasteiger partial charge in [-0.05, 0) is 31.0 Å². The van der Waals surface area contributed by atoms with Gasteiger partial charge in [0.2, 0.25) is 5.91 Å². The molecule has 1 aliphatic rings. The fourth-order valence-electron chi connectivity index (χ4n) is 2.51. The minimum absolute atomic E-state index is 0.217. The highest BCUT2D eigenvalue weighted by atomic mass is 32.2. The Morgan fingerprint density at radius 2 is 1.83 bits per heavy atom. The van der Waals surface area contributed by atoms with Crippen molar-refractivity contribution in [2.24, 2.45) is 0 Å². The van der Waals surface area contributed by atoms with Crippen LogP contribution in [-0.4, -0.2) is 70.5 Å². The van der Waals surface area contributed by atoms with Crippen molar-refractivity contribution in [3.8, 4) is 0 Å². The van der Waals surface area contributed by atoms with Gasteiger partial charge in [-0.25, -0.2) is 4.31 Å². The third kappa shape index (κ3) is 4.06. The molecule has 1 fully saturated rings. The lowest BCUT2D eigenvalue weighted by molar-refractivity contribution is -0.133. The number of nitrogens with zero attached hydrogens (tertiary/aromatic N) is 3. The average molecular weight is 355 g/mol. The quantitative estimate of drug-likeness (QED) is 0.782. The number of rotatable bonds is 5. The summed E-state index contributed by atoms with van der Waals surface area (Å²) in [6, 6.07) is 5.58. The monoisotopic (exact) mass is 355 g/mol. The first kappa shape index (κ1) is 18.7. The highest BCUT2D eigenvalue weighted by Crippen LogP contribution is 2.25. The molecule has 2 rings (SSSR count). The predicted octanol–water partition coefficient (Wildman–Crippen LogP) is 0.775. The first-order valence-corrected chi connectivity index (χ1v) is 9.26. The molecule has 1 aliphatic heterocycles. The Kier molecular flexibility index (Phi) is 5.84. The molecule has 0 atom stereocenters. The van der Waals surface area contributed by atoms with Crippen molar-refractivity contribution < 1.29 is 17.9 Å². The third-order valence-electron chi connectivity index (χ3n) is 4.02. The van der Waals surface area contributed by atoms with Gasteiger partial charge in [-0.3, -0.25) is 4.79 Å². The summed E-state index contributed by atoms with van der Waals surface area (Å²) in [4.78, 5) is 14.2. The van der Waals surface area contributed by atoms with E-state index in [1.807, 2.05) is 26.0 Å². The zero-order chi connectivity index (χ0) is 17.9. The largest absolute Gasteiger partial charge is 0.378 e. The van der Waals surface area contributed by atoms with E-state index >= 15 is 0 Å². The van der Waals surface area contributed by atoms with Gasteiger partial charge in [0.25, 0.3) is 0 Å². The van der Waals surface area contributed by atoms with Crippen molar-refractivity contribution in [2.75, 3.05) is 51.2 Å². The van der Waals surface area contributed by atoms with Gasteiger partial charge in [-0.2, -0.15) is 12.7 Å². The van der Waals surface area contributed by atoms with Crippen molar-refractivity contribution in [1.29, 1.82) is 0 Å². The standard InChI is InChI=1S/C16H25N3O4S/c1-13-5-6-14(2)15(11-13)19(24(21,22)17(3)4)12-16(20)18-7-9-23-10-8-18/h5-6,11H,7-10,12H2,1-4H3. The first-order chi connectivity index (χ1) is 11.2. The summed E-state index contributed by atoms with van der Waals surface area (Å²) in [5.41, 5.74) is 2.28. The van der Waals surface area contributed by atoms with Gasteiger partial charge in [-0.1, -0.05) is 12.1 Å². The zero-order valence-corrected chi connectivity index (χ0v) is 15.5. The van der Waals surface area contributed by atoms with E-state index in [1.165, 1.54) is 18.4 Å². The maximum atomic E-state index is 12.8. The number of carbonyl (C=O) groups excluding carboxylic acids is 1. The Morgan fingerprint density at radius 3 is 2.42 bits per heavy atom. The van der Waals surface area contributed by atoms with Crippen molar-refractivity contribution in [3.63, 3.8) is 0 Å². The molecule has 1 heterocycles. The number of carbonyl (C=O) groups is 1. The number of aryl methyl sites for hydroxylation is 2.